The van der Waals surface area contributed by atoms with Crippen molar-refractivity contribution in [2.45, 2.75) is 18.4 Å². The Kier molecular flexibility index (Phi) is 4.85. The second-order valence-corrected chi connectivity index (χ2v) is 6.28. The third-order valence-electron chi connectivity index (χ3n) is 4.34. The van der Waals surface area contributed by atoms with Gasteiger partial charge in [-0.3, -0.25) is 14.5 Å². The zero-order chi connectivity index (χ0) is 18.0. The van der Waals surface area contributed by atoms with E-state index < -0.39 is 11.7 Å². The van der Waals surface area contributed by atoms with E-state index in [1.54, 1.807) is 18.4 Å². The maximum absolute atomic E-state index is 13.4. The highest BCUT2D eigenvalue weighted by molar-refractivity contribution is 6.01. The molecule has 0 unspecified atom stereocenters. The number of anilines is 1. The van der Waals surface area contributed by atoms with Crippen LogP contribution in [0.25, 0.3) is 0 Å². The van der Waals surface area contributed by atoms with Gasteiger partial charge in [0.15, 0.2) is 0 Å². The highest BCUT2D eigenvalue weighted by Crippen LogP contribution is 2.33. The van der Waals surface area contributed by atoms with E-state index in [0.717, 1.165) is 5.76 Å². The number of halogens is 1. The van der Waals surface area contributed by atoms with E-state index in [4.69, 9.17) is 4.42 Å². The molecule has 0 saturated carbocycles. The molecule has 25 heavy (non-hydrogen) atoms. The van der Waals surface area contributed by atoms with Gasteiger partial charge in [-0.25, -0.2) is 4.39 Å². The van der Waals surface area contributed by atoms with Gasteiger partial charge in [0.2, 0.25) is 11.8 Å². The van der Waals surface area contributed by atoms with Crippen LogP contribution in [-0.4, -0.2) is 37.4 Å². The van der Waals surface area contributed by atoms with Crippen LogP contribution >= 0.6 is 0 Å². The molecule has 1 aromatic carbocycles. The summed E-state index contributed by atoms with van der Waals surface area (Å²) >= 11 is 0. The van der Waals surface area contributed by atoms with E-state index in [2.05, 4.69) is 10.6 Å². The lowest BCUT2D eigenvalue weighted by Gasteiger charge is -2.27. The lowest BCUT2D eigenvalue weighted by molar-refractivity contribution is -0.126. The van der Waals surface area contributed by atoms with Crippen molar-refractivity contribution in [3.8, 4) is 0 Å². The molecule has 0 bridgehead atoms. The van der Waals surface area contributed by atoms with Crippen molar-refractivity contribution in [3.63, 3.8) is 0 Å². The summed E-state index contributed by atoms with van der Waals surface area (Å²) in [6.45, 7) is 0.341. The van der Waals surface area contributed by atoms with Gasteiger partial charge in [0.05, 0.1) is 18.2 Å². The molecule has 2 N–H and O–H groups in total. The summed E-state index contributed by atoms with van der Waals surface area (Å²) in [4.78, 5) is 26.4. The number of furan rings is 1. The van der Waals surface area contributed by atoms with Crippen LogP contribution in [0, 0.1) is 5.82 Å². The van der Waals surface area contributed by atoms with Gasteiger partial charge >= 0.3 is 0 Å². The fourth-order valence-electron chi connectivity index (χ4n) is 3.01. The van der Waals surface area contributed by atoms with Gasteiger partial charge in [-0.05, 0) is 43.9 Å². The maximum atomic E-state index is 13.4. The molecule has 3 rings (SSSR count). The molecule has 2 amide bonds. The van der Waals surface area contributed by atoms with Crippen molar-refractivity contribution in [2.75, 3.05) is 26.0 Å². The van der Waals surface area contributed by atoms with Crippen LogP contribution in [-0.2, 0) is 9.59 Å². The predicted octanol–water partition coefficient (Wildman–Crippen LogP) is 2.26. The molecule has 2 heterocycles. The third kappa shape index (κ3) is 3.71. The summed E-state index contributed by atoms with van der Waals surface area (Å²) < 4.78 is 18.8. The first-order chi connectivity index (χ1) is 12.0. The molecule has 2 aromatic rings. The molecular formula is C18H20FN3O3. The molecule has 7 heteroatoms. The average molecular weight is 345 g/mol. The summed E-state index contributed by atoms with van der Waals surface area (Å²) in [6, 6.07) is 7.60. The van der Waals surface area contributed by atoms with Gasteiger partial charge in [-0.2, -0.15) is 0 Å². The summed E-state index contributed by atoms with van der Waals surface area (Å²) in [5.74, 6) is -0.905. The van der Waals surface area contributed by atoms with E-state index in [1.165, 1.54) is 12.1 Å². The number of amides is 2. The average Bonchev–Trinajstić information content (AvgIpc) is 3.07. The molecule has 0 saturated heterocycles. The quantitative estimate of drug-likeness (QED) is 0.872. The van der Waals surface area contributed by atoms with Crippen molar-refractivity contribution in [1.82, 2.24) is 10.2 Å². The first kappa shape index (κ1) is 17.2. The Balaban J connectivity index is 1.74. The number of carbonyl (C=O) groups excluding carboxylic acids is 2. The Morgan fingerprint density at radius 2 is 2.24 bits per heavy atom. The smallest absolute Gasteiger partial charge is 0.228 e. The molecule has 6 nitrogen and oxygen atoms in total. The van der Waals surface area contributed by atoms with Crippen LogP contribution in [0.5, 0.6) is 0 Å². The summed E-state index contributed by atoms with van der Waals surface area (Å²) in [5.41, 5.74) is 0.976. The van der Waals surface area contributed by atoms with Crippen molar-refractivity contribution >= 4 is 17.5 Å². The van der Waals surface area contributed by atoms with E-state index in [1.807, 2.05) is 25.1 Å². The number of likely N-dealkylation sites (N-methyl/N-ethyl adjacent to an activating group) is 1. The van der Waals surface area contributed by atoms with Crippen molar-refractivity contribution in [1.29, 1.82) is 0 Å². The van der Waals surface area contributed by atoms with Crippen molar-refractivity contribution in [3.05, 3.63) is 53.7 Å². The fraction of sp³-hybridized carbons (Fsp3) is 0.333. The fourth-order valence-corrected chi connectivity index (χ4v) is 3.01. The number of rotatable bonds is 5. The normalized spacial score (nSPS) is 17.8. The molecule has 1 aromatic heterocycles. The topological polar surface area (TPSA) is 74.6 Å². The van der Waals surface area contributed by atoms with Gasteiger partial charge in [0, 0.05) is 18.7 Å². The van der Waals surface area contributed by atoms with Crippen LogP contribution < -0.4 is 10.6 Å². The van der Waals surface area contributed by atoms with E-state index >= 15 is 0 Å². The Morgan fingerprint density at radius 3 is 2.92 bits per heavy atom. The lowest BCUT2D eigenvalue weighted by Crippen LogP contribution is -2.39. The molecule has 0 fully saturated rings. The Bertz CT molecular complexity index is 774. The largest absolute Gasteiger partial charge is 0.468 e. The zero-order valence-electron chi connectivity index (χ0n) is 14.1. The lowest BCUT2D eigenvalue weighted by atomic mass is 9.89. The van der Waals surface area contributed by atoms with E-state index in [0.29, 0.717) is 17.8 Å². The molecule has 0 aliphatic carbocycles. The second-order valence-electron chi connectivity index (χ2n) is 6.28. The Hall–Kier alpha value is -2.67. The summed E-state index contributed by atoms with van der Waals surface area (Å²) in [7, 11) is 3.79. The highest BCUT2D eigenvalue weighted by Gasteiger charge is 2.31. The number of hydrogen-bond donors (Lipinski definition) is 2. The molecular weight excluding hydrogens is 325 g/mol. The molecule has 132 valence electrons. The van der Waals surface area contributed by atoms with Gasteiger partial charge in [0.25, 0.3) is 0 Å². The molecule has 0 spiro atoms. The predicted molar refractivity (Wildman–Crippen MR) is 90.5 cm³/mol. The van der Waals surface area contributed by atoms with E-state index in [9.17, 15) is 14.0 Å². The van der Waals surface area contributed by atoms with E-state index in [-0.39, 0.29) is 24.3 Å². The minimum Gasteiger partial charge on any atom is -0.468 e. The minimum absolute atomic E-state index is 0.0395. The SMILES string of the molecule is CN(C)[C@H](CNC(=O)[C@H]1CC(=O)Nc2cc(F)ccc21)c1ccco1. The van der Waals surface area contributed by atoms with Crippen LogP contribution in [0.3, 0.4) is 0 Å². The van der Waals surface area contributed by atoms with Gasteiger partial charge in [0.1, 0.15) is 11.6 Å². The molecule has 1 aliphatic heterocycles. The second kappa shape index (κ2) is 7.06. The number of fused-ring (bicyclic) bond motifs is 1. The van der Waals surface area contributed by atoms with Crippen molar-refractivity contribution < 1.29 is 18.4 Å². The summed E-state index contributed by atoms with van der Waals surface area (Å²) in [6.07, 6.45) is 1.63. The molecule has 2 atom stereocenters. The molecule has 1 aliphatic rings. The highest BCUT2D eigenvalue weighted by atomic mass is 19.1. The first-order valence-electron chi connectivity index (χ1n) is 8.02. The van der Waals surface area contributed by atoms with Crippen molar-refractivity contribution in [2.24, 2.45) is 0 Å². The number of hydrogen-bond acceptors (Lipinski definition) is 4. The van der Waals surface area contributed by atoms with Gasteiger partial charge in [-0.1, -0.05) is 6.07 Å². The number of carbonyl (C=O) groups is 2. The van der Waals surface area contributed by atoms with Gasteiger partial charge in [-0.15, -0.1) is 0 Å². The first-order valence-corrected chi connectivity index (χ1v) is 8.02. The van der Waals surface area contributed by atoms with Crippen LogP contribution in [0.15, 0.2) is 41.0 Å². The summed E-state index contributed by atoms with van der Waals surface area (Å²) in [5, 5.41) is 5.49. The number of benzene rings is 1. The van der Waals surface area contributed by atoms with Gasteiger partial charge < -0.3 is 15.1 Å². The minimum atomic E-state index is -0.635. The zero-order valence-corrected chi connectivity index (χ0v) is 14.1. The Labute approximate surface area is 145 Å². The molecule has 0 radical (unpaired) electrons. The standard InChI is InChI=1S/C18H20FN3O3/c1-22(2)15(16-4-3-7-25-16)10-20-18(24)13-9-17(23)21-14-8-11(19)5-6-12(13)14/h3-8,13,15H,9-10H2,1-2H3,(H,20,24)(H,21,23)/t13-,15+/m0/s1. The maximum Gasteiger partial charge on any atom is 0.228 e. The van der Waals surface area contributed by atoms with Crippen LogP contribution in [0.1, 0.15) is 29.7 Å². The third-order valence-corrected chi connectivity index (χ3v) is 4.34. The Morgan fingerprint density at radius 1 is 1.44 bits per heavy atom. The van der Waals surface area contributed by atoms with Crippen LogP contribution in [0.4, 0.5) is 10.1 Å². The number of nitrogens with one attached hydrogen (secondary N) is 2. The van der Waals surface area contributed by atoms with Crippen LogP contribution in [0.2, 0.25) is 0 Å². The number of nitrogens with zero attached hydrogens (tertiary/aromatic N) is 1. The monoisotopic (exact) mass is 345 g/mol.